The molecule has 2 heterocycles. The molecular weight excluding hydrogens is 334 g/mol. The number of nitrogens with zero attached hydrogens (tertiary/aromatic N) is 4. The number of para-hydroxylation sites is 1. The average Bonchev–Trinajstić information content (AvgIpc) is 3.31. The Labute approximate surface area is 151 Å². The lowest BCUT2D eigenvalue weighted by molar-refractivity contribution is -0.122. The molecule has 9 heteroatoms. The maximum absolute atomic E-state index is 12.2. The van der Waals surface area contributed by atoms with E-state index in [1.807, 2.05) is 36.5 Å². The number of hydrogen-bond donors (Lipinski definition) is 3. The van der Waals surface area contributed by atoms with Crippen LogP contribution >= 0.6 is 0 Å². The van der Waals surface area contributed by atoms with Gasteiger partial charge in [0.15, 0.2) is 0 Å². The first-order chi connectivity index (χ1) is 12.6. The number of carbonyl (C=O) groups is 2. The van der Waals surface area contributed by atoms with E-state index in [0.29, 0.717) is 25.2 Å². The predicted octanol–water partition coefficient (Wildman–Crippen LogP) is 0.591. The molecule has 2 aromatic rings. The van der Waals surface area contributed by atoms with E-state index in [4.69, 9.17) is 0 Å². The van der Waals surface area contributed by atoms with Crippen LogP contribution < -0.4 is 16.0 Å². The topological polar surface area (TPSA) is 104 Å². The van der Waals surface area contributed by atoms with Crippen LogP contribution in [0.2, 0.25) is 0 Å². The van der Waals surface area contributed by atoms with Crippen molar-refractivity contribution in [1.82, 2.24) is 30.5 Å². The van der Waals surface area contributed by atoms with Crippen LogP contribution in [0.3, 0.4) is 0 Å². The number of hydrogen-bond acceptors (Lipinski definition) is 5. The first-order valence-corrected chi connectivity index (χ1v) is 8.49. The molecule has 1 aromatic carbocycles. The zero-order valence-corrected chi connectivity index (χ0v) is 14.8. The van der Waals surface area contributed by atoms with Crippen LogP contribution in [-0.4, -0.2) is 58.5 Å². The number of rotatable bonds is 5. The quantitative estimate of drug-likeness (QED) is 0.727. The predicted molar refractivity (Wildman–Crippen MR) is 96.5 cm³/mol. The highest BCUT2D eigenvalue weighted by Crippen LogP contribution is 2.19. The van der Waals surface area contributed by atoms with Gasteiger partial charge in [-0.15, -0.1) is 5.10 Å². The molecule has 26 heavy (non-hydrogen) atoms. The third-order valence-corrected chi connectivity index (χ3v) is 4.37. The van der Waals surface area contributed by atoms with Crippen LogP contribution in [0.25, 0.3) is 0 Å². The van der Waals surface area contributed by atoms with E-state index in [2.05, 4.69) is 26.3 Å². The summed E-state index contributed by atoms with van der Waals surface area (Å²) in [6, 6.07) is 8.93. The minimum Gasteiger partial charge on any atom is -0.358 e. The number of aromatic nitrogens is 3. The second kappa shape index (κ2) is 7.96. The lowest BCUT2D eigenvalue weighted by Gasteiger charge is -2.16. The summed E-state index contributed by atoms with van der Waals surface area (Å²) in [5, 5.41) is 16.9. The molecule has 1 saturated heterocycles. The zero-order chi connectivity index (χ0) is 18.5. The highest BCUT2D eigenvalue weighted by atomic mass is 16.2. The summed E-state index contributed by atoms with van der Waals surface area (Å²) >= 11 is 0. The molecule has 0 aliphatic carbocycles. The van der Waals surface area contributed by atoms with Gasteiger partial charge in [0.25, 0.3) is 0 Å². The third kappa shape index (κ3) is 4.17. The van der Waals surface area contributed by atoms with Gasteiger partial charge < -0.3 is 20.9 Å². The normalized spacial score (nSPS) is 19.2. The van der Waals surface area contributed by atoms with Crippen molar-refractivity contribution in [1.29, 1.82) is 0 Å². The van der Waals surface area contributed by atoms with Gasteiger partial charge in [0.1, 0.15) is 5.69 Å². The Hall–Kier alpha value is -2.94. The minimum atomic E-state index is -0.215. The molecule has 2 atom stereocenters. The van der Waals surface area contributed by atoms with E-state index in [0.717, 1.165) is 5.69 Å². The molecule has 1 aromatic heterocycles. The third-order valence-electron chi connectivity index (χ3n) is 4.37. The molecule has 3 amide bonds. The van der Waals surface area contributed by atoms with Gasteiger partial charge in [-0.3, -0.25) is 4.79 Å². The van der Waals surface area contributed by atoms with Crippen molar-refractivity contribution >= 4 is 17.6 Å². The van der Waals surface area contributed by atoms with Crippen LogP contribution in [0.1, 0.15) is 18.2 Å². The SMILES string of the molecule is CNC(=O)[C@@H]1C[C@@H](n2cc(CN(C)C(=O)Nc3ccccc3)nn2)CN1. The summed E-state index contributed by atoms with van der Waals surface area (Å²) in [6.07, 6.45) is 2.48. The van der Waals surface area contributed by atoms with Crippen molar-refractivity contribution in [3.05, 3.63) is 42.2 Å². The Bertz CT molecular complexity index is 761. The summed E-state index contributed by atoms with van der Waals surface area (Å²) in [5.41, 5.74) is 1.43. The highest BCUT2D eigenvalue weighted by Gasteiger charge is 2.30. The molecule has 138 valence electrons. The molecule has 0 radical (unpaired) electrons. The Balaban J connectivity index is 1.55. The second-order valence-corrected chi connectivity index (χ2v) is 6.31. The van der Waals surface area contributed by atoms with Crippen molar-refractivity contribution < 1.29 is 9.59 Å². The van der Waals surface area contributed by atoms with Gasteiger partial charge in [-0.05, 0) is 18.6 Å². The van der Waals surface area contributed by atoms with Crippen LogP contribution in [0.15, 0.2) is 36.5 Å². The smallest absolute Gasteiger partial charge is 0.321 e. The summed E-state index contributed by atoms with van der Waals surface area (Å²) in [5.74, 6) is -0.0230. The average molecular weight is 357 g/mol. The van der Waals surface area contributed by atoms with Crippen molar-refractivity contribution in [3.63, 3.8) is 0 Å². The molecule has 9 nitrogen and oxygen atoms in total. The Kier molecular flexibility index (Phi) is 5.47. The van der Waals surface area contributed by atoms with E-state index < -0.39 is 0 Å². The number of anilines is 1. The number of benzene rings is 1. The largest absolute Gasteiger partial charge is 0.358 e. The Morgan fingerprint density at radius 1 is 1.35 bits per heavy atom. The lowest BCUT2D eigenvalue weighted by atomic mass is 10.1. The van der Waals surface area contributed by atoms with Gasteiger partial charge in [-0.1, -0.05) is 23.4 Å². The van der Waals surface area contributed by atoms with Gasteiger partial charge in [0.05, 0.1) is 24.8 Å². The van der Waals surface area contributed by atoms with Gasteiger partial charge in [0.2, 0.25) is 5.91 Å². The standard InChI is InChI=1S/C17H23N7O2/c1-18-16(25)15-8-14(9-19-15)24-11-13(21-22-24)10-23(2)17(26)20-12-6-4-3-5-7-12/h3-7,11,14-15,19H,8-10H2,1-2H3,(H,18,25)(H,20,26)/t14-,15+/m1/s1. The molecule has 0 bridgehead atoms. The minimum absolute atomic E-state index is 0.0230. The summed E-state index contributed by atoms with van der Waals surface area (Å²) < 4.78 is 1.76. The van der Waals surface area contributed by atoms with E-state index in [1.165, 1.54) is 0 Å². The number of likely N-dealkylation sites (N-methyl/N-ethyl adjacent to an activating group) is 1. The fourth-order valence-electron chi connectivity index (χ4n) is 2.91. The zero-order valence-electron chi connectivity index (χ0n) is 14.8. The maximum atomic E-state index is 12.2. The van der Waals surface area contributed by atoms with Crippen molar-refractivity contribution in [2.75, 3.05) is 26.0 Å². The van der Waals surface area contributed by atoms with Crippen LogP contribution in [-0.2, 0) is 11.3 Å². The number of carbonyl (C=O) groups excluding carboxylic acids is 2. The van der Waals surface area contributed by atoms with Crippen LogP contribution in [0, 0.1) is 0 Å². The monoisotopic (exact) mass is 357 g/mol. The van der Waals surface area contributed by atoms with E-state index >= 15 is 0 Å². The van der Waals surface area contributed by atoms with Crippen molar-refractivity contribution in [2.24, 2.45) is 0 Å². The van der Waals surface area contributed by atoms with Gasteiger partial charge in [0, 0.05) is 26.3 Å². The molecule has 3 N–H and O–H groups in total. The maximum Gasteiger partial charge on any atom is 0.321 e. The molecule has 3 rings (SSSR count). The van der Waals surface area contributed by atoms with E-state index in [1.54, 1.807) is 23.7 Å². The molecule has 1 fully saturated rings. The highest BCUT2D eigenvalue weighted by molar-refractivity contribution is 5.89. The number of urea groups is 1. The van der Waals surface area contributed by atoms with E-state index in [-0.39, 0.29) is 24.0 Å². The molecule has 1 aliphatic rings. The first kappa shape index (κ1) is 17.9. The van der Waals surface area contributed by atoms with Gasteiger partial charge >= 0.3 is 6.03 Å². The van der Waals surface area contributed by atoms with Crippen molar-refractivity contribution in [3.8, 4) is 0 Å². The summed E-state index contributed by atoms with van der Waals surface area (Å²) in [4.78, 5) is 25.5. The Morgan fingerprint density at radius 3 is 2.85 bits per heavy atom. The van der Waals surface area contributed by atoms with Gasteiger partial charge in [-0.25, -0.2) is 9.48 Å². The molecular formula is C17H23N7O2. The molecule has 1 aliphatic heterocycles. The van der Waals surface area contributed by atoms with Crippen LogP contribution in [0.5, 0.6) is 0 Å². The fraction of sp³-hybridized carbons (Fsp3) is 0.412. The number of nitrogens with one attached hydrogen (secondary N) is 3. The lowest BCUT2D eigenvalue weighted by Crippen LogP contribution is -2.38. The second-order valence-electron chi connectivity index (χ2n) is 6.31. The first-order valence-electron chi connectivity index (χ1n) is 8.49. The summed E-state index contributed by atoms with van der Waals surface area (Å²) in [6.45, 7) is 1.00. The van der Waals surface area contributed by atoms with Gasteiger partial charge in [-0.2, -0.15) is 0 Å². The molecule has 0 spiro atoms. The number of amides is 3. The van der Waals surface area contributed by atoms with Crippen LogP contribution in [0.4, 0.5) is 10.5 Å². The van der Waals surface area contributed by atoms with Crippen molar-refractivity contribution in [2.45, 2.75) is 25.0 Å². The van der Waals surface area contributed by atoms with E-state index in [9.17, 15) is 9.59 Å². The Morgan fingerprint density at radius 2 is 2.12 bits per heavy atom. The fourth-order valence-corrected chi connectivity index (χ4v) is 2.91. The molecule has 0 saturated carbocycles. The molecule has 0 unspecified atom stereocenters. The summed E-state index contributed by atoms with van der Waals surface area (Å²) in [7, 11) is 3.33.